The van der Waals surface area contributed by atoms with Crippen LogP contribution in [0.2, 0.25) is 5.02 Å². The van der Waals surface area contributed by atoms with E-state index < -0.39 is 29.0 Å². The second-order valence-electron chi connectivity index (χ2n) is 5.19. The minimum absolute atomic E-state index is 0.283. The van der Waals surface area contributed by atoms with Crippen molar-refractivity contribution in [2.75, 3.05) is 0 Å². The number of hydrogen-bond donors (Lipinski definition) is 2. The number of nitrogens with one attached hydrogen (secondary N) is 1. The van der Waals surface area contributed by atoms with Crippen LogP contribution in [0.3, 0.4) is 0 Å². The normalized spacial score (nSPS) is 25.1. The summed E-state index contributed by atoms with van der Waals surface area (Å²) in [7, 11) is 0. The maximum atomic E-state index is 12.4. The third-order valence-electron chi connectivity index (χ3n) is 3.89. The Morgan fingerprint density at radius 1 is 1.35 bits per heavy atom. The van der Waals surface area contributed by atoms with E-state index in [1.807, 2.05) is 0 Å². The van der Waals surface area contributed by atoms with Gasteiger partial charge >= 0.3 is 16.8 Å². The summed E-state index contributed by atoms with van der Waals surface area (Å²) < 4.78 is 5.30. The van der Waals surface area contributed by atoms with Gasteiger partial charge in [-0.15, -0.1) is 0 Å². The zero-order chi connectivity index (χ0) is 16.3. The molecule has 0 amide bonds. The van der Waals surface area contributed by atoms with Crippen LogP contribution >= 0.6 is 34.7 Å². The number of carboxylic acids is 1. The molecule has 2 N–H and O–H groups in total. The molecule has 1 aromatic heterocycles. The molecule has 0 spiro atoms. The van der Waals surface area contributed by atoms with Gasteiger partial charge in [0.1, 0.15) is 11.0 Å². The van der Waals surface area contributed by atoms with Crippen LogP contribution in [0.4, 0.5) is 0 Å². The third-order valence-corrected chi connectivity index (χ3v) is 6.52. The molecule has 0 fully saturated rings. The van der Waals surface area contributed by atoms with Crippen molar-refractivity contribution < 1.29 is 19.4 Å². The maximum absolute atomic E-state index is 12.4. The van der Waals surface area contributed by atoms with Crippen LogP contribution in [-0.4, -0.2) is 27.3 Å². The number of aromatic nitrogens is 1. The van der Waals surface area contributed by atoms with Gasteiger partial charge in [-0.1, -0.05) is 34.7 Å². The molecule has 0 saturated heterocycles. The SMILES string of the molecule is O=C1Oc2ccc(Cl)cc2[C@H]2c3sc(=O)[nH]c3S[C@@H](C(=O)O)[C@H]12. The number of esters is 1. The Hall–Kier alpha value is -1.77. The van der Waals surface area contributed by atoms with Crippen LogP contribution in [0.5, 0.6) is 5.75 Å². The summed E-state index contributed by atoms with van der Waals surface area (Å²) in [6.45, 7) is 0. The molecular formula is C14H8ClNO5S2. The van der Waals surface area contributed by atoms with E-state index in [0.717, 1.165) is 23.1 Å². The number of halogens is 1. The predicted molar refractivity (Wildman–Crippen MR) is 84.6 cm³/mol. The average Bonchev–Trinajstić information content (AvgIpc) is 2.86. The number of thiazole rings is 1. The summed E-state index contributed by atoms with van der Waals surface area (Å²) in [5, 5.41) is 9.40. The second-order valence-corrected chi connectivity index (χ2v) is 7.79. The molecule has 2 aromatic rings. The maximum Gasteiger partial charge on any atom is 0.317 e. The Morgan fingerprint density at radius 3 is 2.87 bits per heavy atom. The number of carbonyl (C=O) groups excluding carboxylic acids is 1. The first-order chi connectivity index (χ1) is 11.0. The number of benzene rings is 1. The first-order valence-corrected chi connectivity index (χ1v) is 8.66. The molecule has 0 radical (unpaired) electrons. The lowest BCUT2D eigenvalue weighted by Gasteiger charge is -2.37. The van der Waals surface area contributed by atoms with E-state index in [9.17, 15) is 19.5 Å². The molecule has 118 valence electrons. The number of ether oxygens (including phenoxy) is 1. The standard InChI is InChI=1S/C14H8ClNO5S2/c15-4-1-2-6-5(3-4)7-8(13(19)21-6)10(12(17)18)22-11-9(7)23-14(20)16-11/h1-3,7-8,10H,(H,16,20)(H,17,18)/t7-,8-,10-/m1/s1. The highest BCUT2D eigenvalue weighted by Crippen LogP contribution is 2.53. The van der Waals surface area contributed by atoms with Crippen molar-refractivity contribution in [3.05, 3.63) is 43.3 Å². The highest BCUT2D eigenvalue weighted by molar-refractivity contribution is 8.00. The van der Waals surface area contributed by atoms with Crippen molar-refractivity contribution in [2.24, 2.45) is 5.92 Å². The average molecular weight is 370 g/mol. The van der Waals surface area contributed by atoms with Gasteiger partial charge in [0, 0.05) is 21.4 Å². The van der Waals surface area contributed by atoms with Crippen molar-refractivity contribution in [1.82, 2.24) is 4.98 Å². The van der Waals surface area contributed by atoms with E-state index in [1.165, 1.54) is 0 Å². The van der Waals surface area contributed by atoms with Gasteiger partial charge in [0.25, 0.3) is 0 Å². The van der Waals surface area contributed by atoms with Gasteiger partial charge in [-0.3, -0.25) is 14.4 Å². The van der Waals surface area contributed by atoms with Crippen LogP contribution in [-0.2, 0) is 9.59 Å². The fourth-order valence-corrected chi connectivity index (χ4v) is 5.56. The van der Waals surface area contributed by atoms with E-state index >= 15 is 0 Å². The molecule has 0 aliphatic carbocycles. The summed E-state index contributed by atoms with van der Waals surface area (Å²) in [5.74, 6) is -2.82. The summed E-state index contributed by atoms with van der Waals surface area (Å²) in [5.41, 5.74) is 0.630. The molecule has 4 rings (SSSR count). The molecule has 3 heterocycles. The van der Waals surface area contributed by atoms with Gasteiger partial charge in [-0.2, -0.15) is 0 Å². The van der Waals surface area contributed by atoms with Gasteiger partial charge in [-0.05, 0) is 18.2 Å². The zero-order valence-electron chi connectivity index (χ0n) is 11.2. The molecule has 0 saturated carbocycles. The van der Waals surface area contributed by atoms with Crippen molar-refractivity contribution in [1.29, 1.82) is 0 Å². The summed E-state index contributed by atoms with van der Waals surface area (Å²) in [6.07, 6.45) is 0. The zero-order valence-corrected chi connectivity index (χ0v) is 13.6. The molecule has 9 heteroatoms. The number of carbonyl (C=O) groups is 2. The first kappa shape index (κ1) is 14.8. The molecule has 23 heavy (non-hydrogen) atoms. The van der Waals surface area contributed by atoms with Crippen molar-refractivity contribution in [2.45, 2.75) is 16.2 Å². The lowest BCUT2D eigenvalue weighted by Crippen LogP contribution is -2.44. The third kappa shape index (κ3) is 2.20. The van der Waals surface area contributed by atoms with Gasteiger partial charge < -0.3 is 14.8 Å². The number of aromatic amines is 1. The van der Waals surface area contributed by atoms with Crippen LogP contribution in [0, 0.1) is 5.92 Å². The molecule has 0 unspecified atom stereocenters. The quantitative estimate of drug-likeness (QED) is 0.591. The molecule has 0 bridgehead atoms. The van der Waals surface area contributed by atoms with Gasteiger partial charge in [0.05, 0.1) is 10.9 Å². The van der Waals surface area contributed by atoms with Gasteiger partial charge in [0.15, 0.2) is 0 Å². The Kier molecular flexibility index (Phi) is 3.29. The Balaban J connectivity index is 2.00. The van der Waals surface area contributed by atoms with Crippen LogP contribution in [0.25, 0.3) is 0 Å². The summed E-state index contributed by atoms with van der Waals surface area (Å²) in [6, 6.07) is 4.84. The highest BCUT2D eigenvalue weighted by Gasteiger charge is 2.51. The lowest BCUT2D eigenvalue weighted by atomic mass is 9.80. The van der Waals surface area contributed by atoms with E-state index in [1.54, 1.807) is 18.2 Å². The van der Waals surface area contributed by atoms with Crippen LogP contribution in [0.15, 0.2) is 28.0 Å². The molecule has 2 aliphatic heterocycles. The number of rotatable bonds is 1. The van der Waals surface area contributed by atoms with Gasteiger partial charge in [-0.25, -0.2) is 0 Å². The lowest BCUT2D eigenvalue weighted by molar-refractivity contribution is -0.147. The van der Waals surface area contributed by atoms with Crippen LogP contribution in [0.1, 0.15) is 16.4 Å². The Bertz CT molecular complexity index is 905. The second kappa shape index (κ2) is 5.12. The van der Waals surface area contributed by atoms with Crippen molar-refractivity contribution in [3.63, 3.8) is 0 Å². The summed E-state index contributed by atoms with van der Waals surface area (Å²) in [4.78, 5) is 38.8. The molecule has 6 nitrogen and oxygen atoms in total. The predicted octanol–water partition coefficient (Wildman–Crippen LogP) is 2.32. The van der Waals surface area contributed by atoms with Crippen LogP contribution < -0.4 is 9.61 Å². The summed E-state index contributed by atoms with van der Waals surface area (Å²) >= 11 is 8.01. The van der Waals surface area contributed by atoms with E-state index in [4.69, 9.17) is 16.3 Å². The van der Waals surface area contributed by atoms with Crippen molar-refractivity contribution >= 4 is 46.6 Å². The number of aliphatic carboxylic acids is 1. The van der Waals surface area contributed by atoms with E-state index in [2.05, 4.69) is 4.98 Å². The monoisotopic (exact) mass is 369 g/mol. The molecule has 3 atom stereocenters. The Morgan fingerprint density at radius 2 is 2.13 bits per heavy atom. The fourth-order valence-electron chi connectivity index (χ4n) is 2.99. The molecular weight excluding hydrogens is 362 g/mol. The first-order valence-electron chi connectivity index (χ1n) is 6.59. The number of hydrogen-bond acceptors (Lipinski definition) is 6. The molecule has 2 aliphatic rings. The fraction of sp³-hybridized carbons (Fsp3) is 0.214. The molecule has 1 aromatic carbocycles. The van der Waals surface area contributed by atoms with E-state index in [-0.39, 0.29) is 4.87 Å². The smallest absolute Gasteiger partial charge is 0.317 e. The number of fused-ring (bicyclic) bond motifs is 5. The Labute approximate surface area is 142 Å². The minimum Gasteiger partial charge on any atom is -0.480 e. The number of thioether (sulfide) groups is 1. The van der Waals surface area contributed by atoms with E-state index in [0.29, 0.717) is 26.2 Å². The van der Waals surface area contributed by atoms with Crippen molar-refractivity contribution in [3.8, 4) is 5.75 Å². The topological polar surface area (TPSA) is 96.5 Å². The van der Waals surface area contributed by atoms with Gasteiger partial charge in [0.2, 0.25) is 0 Å². The highest BCUT2D eigenvalue weighted by atomic mass is 35.5. The minimum atomic E-state index is -1.12. The number of H-pyrrole nitrogens is 1. The largest absolute Gasteiger partial charge is 0.480 e. The number of carboxylic acid groups (broad SMARTS) is 1.